The van der Waals surface area contributed by atoms with Crippen LogP contribution in [-0.4, -0.2) is 47.4 Å². The zero-order chi connectivity index (χ0) is 43.0. The van der Waals surface area contributed by atoms with Gasteiger partial charge in [0.2, 0.25) is 5.91 Å². The Morgan fingerprint density at radius 2 is 0.797 bits per heavy atom. The number of carbonyl (C=O) groups is 2. The van der Waals surface area contributed by atoms with Crippen molar-refractivity contribution in [3.05, 3.63) is 12.2 Å². The van der Waals surface area contributed by atoms with E-state index < -0.39 is 12.1 Å². The second-order valence-electron chi connectivity index (χ2n) is 18.2. The number of rotatable bonds is 49. The van der Waals surface area contributed by atoms with Crippen LogP contribution in [0.5, 0.6) is 0 Å². The number of hydrogen-bond acceptors (Lipinski definition) is 5. The molecule has 0 radical (unpaired) electrons. The molecule has 0 saturated heterocycles. The van der Waals surface area contributed by atoms with E-state index in [-0.39, 0.29) is 18.5 Å². The number of esters is 1. The van der Waals surface area contributed by atoms with E-state index in [1.54, 1.807) is 0 Å². The minimum Gasteiger partial charge on any atom is -0.466 e. The highest BCUT2D eigenvalue weighted by molar-refractivity contribution is 5.76. The summed E-state index contributed by atoms with van der Waals surface area (Å²) in [5.74, 6) is -0.0572. The first-order valence-electron chi connectivity index (χ1n) is 26.4. The van der Waals surface area contributed by atoms with Gasteiger partial charge in [0.05, 0.1) is 25.4 Å². The van der Waals surface area contributed by atoms with Crippen molar-refractivity contribution >= 4 is 11.9 Å². The number of aliphatic hydroxyl groups excluding tert-OH is 2. The molecule has 1 amide bonds. The van der Waals surface area contributed by atoms with Gasteiger partial charge in [0.25, 0.3) is 0 Å². The molecule has 3 N–H and O–H groups in total. The van der Waals surface area contributed by atoms with E-state index >= 15 is 0 Å². The number of nitrogens with one attached hydrogen (secondary N) is 1. The number of ether oxygens (including phenoxy) is 1. The molecule has 0 bridgehead atoms. The van der Waals surface area contributed by atoms with E-state index in [1.165, 1.54) is 186 Å². The fourth-order valence-corrected chi connectivity index (χ4v) is 8.22. The van der Waals surface area contributed by atoms with Crippen LogP contribution in [0.25, 0.3) is 0 Å². The molecule has 0 heterocycles. The van der Waals surface area contributed by atoms with Crippen LogP contribution in [0.4, 0.5) is 0 Å². The number of unbranched alkanes of at least 4 members (excludes halogenated alkanes) is 36. The predicted octanol–water partition coefficient (Wildman–Crippen LogP) is 15.7. The Balaban J connectivity index is 3.46. The van der Waals surface area contributed by atoms with Gasteiger partial charge in [-0.1, -0.05) is 238 Å². The minimum atomic E-state index is -0.672. The highest BCUT2D eigenvalue weighted by atomic mass is 16.5. The van der Waals surface area contributed by atoms with Crippen LogP contribution in [0.1, 0.15) is 290 Å². The van der Waals surface area contributed by atoms with Crippen molar-refractivity contribution < 1.29 is 24.5 Å². The van der Waals surface area contributed by atoms with Crippen LogP contribution in [0.3, 0.4) is 0 Å². The summed E-state index contributed by atoms with van der Waals surface area (Å²) in [6, 6.07) is -0.551. The summed E-state index contributed by atoms with van der Waals surface area (Å²) in [6.07, 6.45) is 56.1. The highest BCUT2D eigenvalue weighted by Gasteiger charge is 2.20. The molecule has 2 unspecified atom stereocenters. The lowest BCUT2D eigenvalue weighted by molar-refractivity contribution is -0.143. The predicted molar refractivity (Wildman–Crippen MR) is 255 cm³/mol. The third-order valence-electron chi connectivity index (χ3n) is 12.3. The van der Waals surface area contributed by atoms with E-state index in [9.17, 15) is 19.8 Å². The lowest BCUT2D eigenvalue weighted by Gasteiger charge is -2.22. The molecule has 0 aliphatic heterocycles. The highest BCUT2D eigenvalue weighted by Crippen LogP contribution is 2.16. The molecule has 0 aliphatic rings. The summed E-state index contributed by atoms with van der Waals surface area (Å²) in [6.45, 7) is 4.92. The molecule has 0 saturated carbocycles. The molecule has 59 heavy (non-hydrogen) atoms. The second kappa shape index (κ2) is 49.3. The van der Waals surface area contributed by atoms with Crippen molar-refractivity contribution in [3.8, 4) is 0 Å². The molecule has 0 aromatic heterocycles. The number of amides is 1. The van der Waals surface area contributed by atoms with Gasteiger partial charge in [-0.25, -0.2) is 0 Å². The molecule has 0 aliphatic carbocycles. The summed E-state index contributed by atoms with van der Waals surface area (Å²) in [7, 11) is 0. The smallest absolute Gasteiger partial charge is 0.305 e. The van der Waals surface area contributed by atoms with Crippen LogP contribution < -0.4 is 5.32 Å². The van der Waals surface area contributed by atoms with Gasteiger partial charge in [0.15, 0.2) is 0 Å². The fraction of sp³-hybridized carbons (Fsp3) is 0.925. The third-order valence-corrected chi connectivity index (χ3v) is 12.3. The zero-order valence-electron chi connectivity index (χ0n) is 39.7. The molecule has 0 aromatic rings. The number of carbonyl (C=O) groups excluding carboxylic acids is 2. The van der Waals surface area contributed by atoms with Crippen LogP contribution in [0.15, 0.2) is 12.2 Å². The lowest BCUT2D eigenvalue weighted by Crippen LogP contribution is -2.45. The Morgan fingerprint density at radius 3 is 1.20 bits per heavy atom. The van der Waals surface area contributed by atoms with Gasteiger partial charge in [-0.15, -0.1) is 0 Å². The molecule has 0 rings (SSSR count). The number of aliphatic hydroxyl groups is 2. The van der Waals surface area contributed by atoms with Gasteiger partial charge in [-0.05, 0) is 51.4 Å². The van der Waals surface area contributed by atoms with Crippen molar-refractivity contribution in [2.24, 2.45) is 0 Å². The van der Waals surface area contributed by atoms with E-state index in [4.69, 9.17) is 4.74 Å². The molecule has 6 nitrogen and oxygen atoms in total. The van der Waals surface area contributed by atoms with Crippen LogP contribution in [0, 0.1) is 0 Å². The van der Waals surface area contributed by atoms with Crippen molar-refractivity contribution in [2.45, 2.75) is 302 Å². The lowest BCUT2D eigenvalue weighted by atomic mass is 10.0. The quantitative estimate of drug-likeness (QED) is 0.0322. The number of hydrogen-bond donors (Lipinski definition) is 3. The fourth-order valence-electron chi connectivity index (χ4n) is 8.22. The van der Waals surface area contributed by atoms with Crippen molar-refractivity contribution in [3.63, 3.8) is 0 Å². The molecule has 0 aromatic carbocycles. The van der Waals surface area contributed by atoms with Crippen LogP contribution in [0.2, 0.25) is 0 Å². The Hall–Kier alpha value is -1.40. The topological polar surface area (TPSA) is 95.9 Å². The van der Waals surface area contributed by atoms with E-state index in [2.05, 4.69) is 31.3 Å². The largest absolute Gasteiger partial charge is 0.466 e. The van der Waals surface area contributed by atoms with Gasteiger partial charge < -0.3 is 20.3 Å². The maximum absolute atomic E-state index is 12.4. The SMILES string of the molecule is CCCCCCCCCCCCCCCCC(=O)OCCCCCC/C=C\CCCCCCCCCC(=O)NC(CO)C(O)CCCCCCCCCCCCCCC. The molecule has 6 heteroatoms. The van der Waals surface area contributed by atoms with E-state index in [1.807, 2.05) is 0 Å². The first kappa shape index (κ1) is 57.6. The molecular weight excluding hydrogens is 731 g/mol. The second-order valence-corrected chi connectivity index (χ2v) is 18.2. The van der Waals surface area contributed by atoms with Gasteiger partial charge in [0.1, 0.15) is 0 Å². The minimum absolute atomic E-state index is 0.00764. The summed E-state index contributed by atoms with van der Waals surface area (Å²) in [5, 5.41) is 23.2. The summed E-state index contributed by atoms with van der Waals surface area (Å²) in [5.41, 5.74) is 0. The average Bonchev–Trinajstić information content (AvgIpc) is 3.24. The summed E-state index contributed by atoms with van der Waals surface area (Å²) < 4.78 is 5.46. The van der Waals surface area contributed by atoms with Crippen molar-refractivity contribution in [1.29, 1.82) is 0 Å². The van der Waals surface area contributed by atoms with Crippen LogP contribution >= 0.6 is 0 Å². The van der Waals surface area contributed by atoms with Gasteiger partial charge in [-0.2, -0.15) is 0 Å². The summed E-state index contributed by atoms with van der Waals surface area (Å²) in [4.78, 5) is 24.4. The monoisotopic (exact) mass is 834 g/mol. The van der Waals surface area contributed by atoms with E-state index in [0.717, 1.165) is 70.6 Å². The molecule has 0 fully saturated rings. The maximum Gasteiger partial charge on any atom is 0.305 e. The Bertz CT molecular complexity index is 878. The van der Waals surface area contributed by atoms with Crippen molar-refractivity contribution in [2.75, 3.05) is 13.2 Å². The normalized spacial score (nSPS) is 12.7. The number of allylic oxidation sites excluding steroid dienone is 2. The van der Waals surface area contributed by atoms with Crippen LogP contribution in [-0.2, 0) is 14.3 Å². The first-order valence-corrected chi connectivity index (χ1v) is 26.4. The van der Waals surface area contributed by atoms with Gasteiger partial charge >= 0.3 is 5.97 Å². The third kappa shape index (κ3) is 45.9. The Labute approximate surface area is 368 Å². The molecule has 0 spiro atoms. The molecule has 350 valence electrons. The van der Waals surface area contributed by atoms with Crippen molar-refractivity contribution in [1.82, 2.24) is 5.32 Å². The molecule has 2 atom stereocenters. The van der Waals surface area contributed by atoms with Gasteiger partial charge in [-0.3, -0.25) is 9.59 Å². The average molecular weight is 834 g/mol. The maximum atomic E-state index is 12.4. The van der Waals surface area contributed by atoms with Gasteiger partial charge in [0, 0.05) is 12.8 Å². The Morgan fingerprint density at radius 1 is 0.458 bits per heavy atom. The zero-order valence-corrected chi connectivity index (χ0v) is 39.7. The van der Waals surface area contributed by atoms with E-state index in [0.29, 0.717) is 25.9 Å². The standard InChI is InChI=1S/C53H103NO5/c1-3-5-7-9-11-13-15-17-23-27-31-35-39-43-47-53(58)59-48-44-40-36-32-28-24-20-18-19-22-26-30-34-38-42-46-52(57)54-50(49-55)51(56)45-41-37-33-29-25-21-16-14-12-10-8-6-4-2/h20,24,50-51,55-56H,3-19,21-23,25-49H2,1-2H3,(H,54,57)/b24-20-. The Kier molecular flexibility index (Phi) is 48.1. The molecular formula is C53H103NO5. The summed E-state index contributed by atoms with van der Waals surface area (Å²) >= 11 is 0. The first-order chi connectivity index (χ1) is 29.0.